The Morgan fingerprint density at radius 2 is 2.50 bits per heavy atom. The molecule has 0 N–H and O–H groups in total. The second-order valence-corrected chi connectivity index (χ2v) is 1.33. The van der Waals surface area contributed by atoms with Crippen LogP contribution in [0.2, 0.25) is 0 Å². The predicted molar refractivity (Wildman–Crippen MR) is 34.8 cm³/mol. The summed E-state index contributed by atoms with van der Waals surface area (Å²) < 4.78 is 0. The molecule has 42 valence electrons. The number of ketones is 1. The minimum atomic E-state index is -0.0426. The van der Waals surface area contributed by atoms with Crippen LogP contribution < -0.4 is 0 Å². The van der Waals surface area contributed by atoms with Crippen LogP contribution in [0.5, 0.6) is 0 Å². The van der Waals surface area contributed by atoms with E-state index >= 15 is 0 Å². The van der Waals surface area contributed by atoms with E-state index in [-0.39, 0.29) is 5.78 Å². The summed E-state index contributed by atoms with van der Waals surface area (Å²) in [6, 6.07) is 0. The third-order valence-corrected chi connectivity index (χ3v) is 0.542. The molecule has 0 radical (unpaired) electrons. The second-order valence-electron chi connectivity index (χ2n) is 1.15. The van der Waals surface area contributed by atoms with Gasteiger partial charge >= 0.3 is 0 Å². The number of rotatable bonds is 2. The first kappa shape index (κ1) is 7.21. The van der Waals surface area contributed by atoms with Gasteiger partial charge in [-0.2, -0.15) is 0 Å². The van der Waals surface area contributed by atoms with Crippen molar-refractivity contribution in [3.05, 3.63) is 12.3 Å². The number of carbonyl (C=O) groups excluding carboxylic acids is 1. The third kappa shape index (κ3) is 5.21. The van der Waals surface area contributed by atoms with Crippen molar-refractivity contribution in [2.75, 3.05) is 0 Å². The van der Waals surface area contributed by atoms with Crippen LogP contribution in [0.4, 0.5) is 0 Å². The van der Waals surface area contributed by atoms with Crippen LogP contribution in [0, 0.1) is 0 Å². The molecule has 0 aromatic carbocycles. The highest BCUT2D eigenvalue weighted by atomic mass is 32.1. The van der Waals surface area contributed by atoms with Crippen LogP contribution in [0.15, 0.2) is 17.3 Å². The van der Waals surface area contributed by atoms with Crippen LogP contribution in [0.1, 0.15) is 6.92 Å². The molecule has 0 spiro atoms. The molecule has 8 heavy (non-hydrogen) atoms. The Morgan fingerprint density at radius 3 is 2.88 bits per heavy atom. The largest absolute Gasteiger partial charge is 0.295 e. The molecule has 3 heteroatoms. The van der Waals surface area contributed by atoms with Crippen molar-refractivity contribution in [2.24, 2.45) is 4.99 Å². The topological polar surface area (TPSA) is 29.4 Å². The Bertz CT molecular complexity index is 152. The van der Waals surface area contributed by atoms with E-state index in [1.807, 2.05) is 0 Å². The smallest absolute Gasteiger partial charge is 0.154 e. The van der Waals surface area contributed by atoms with Crippen molar-refractivity contribution in [1.29, 1.82) is 0 Å². The Morgan fingerprint density at radius 1 is 1.88 bits per heavy atom. The lowest BCUT2D eigenvalue weighted by molar-refractivity contribution is -0.112. The van der Waals surface area contributed by atoms with E-state index in [0.717, 1.165) is 0 Å². The standard InChI is InChI=1S/C5H5NOS/c1-5(7)2-3-6-4-8/h2-3H,1H3. The Kier molecular flexibility index (Phi) is 3.94. The first-order valence-corrected chi connectivity index (χ1v) is 2.42. The summed E-state index contributed by atoms with van der Waals surface area (Å²) in [4.78, 5) is 13.5. The van der Waals surface area contributed by atoms with Gasteiger partial charge in [-0.15, -0.1) is 0 Å². The molecule has 0 saturated heterocycles. The SMILES string of the molecule is CC(=O)C=CN=C=S. The van der Waals surface area contributed by atoms with E-state index in [9.17, 15) is 4.79 Å². The Balaban J connectivity index is 3.67. The van der Waals surface area contributed by atoms with Gasteiger partial charge in [0.05, 0.1) is 5.16 Å². The zero-order valence-corrected chi connectivity index (χ0v) is 5.23. The average molecular weight is 127 g/mol. The van der Waals surface area contributed by atoms with Gasteiger partial charge in [0.25, 0.3) is 0 Å². The van der Waals surface area contributed by atoms with Gasteiger partial charge in [0.15, 0.2) is 5.78 Å². The fourth-order valence-corrected chi connectivity index (χ4v) is 0.234. The van der Waals surface area contributed by atoms with E-state index in [0.29, 0.717) is 0 Å². The highest BCUT2D eigenvalue weighted by Gasteiger charge is 1.75. The maximum absolute atomic E-state index is 10.1. The summed E-state index contributed by atoms with van der Waals surface area (Å²) in [5, 5.41) is 2.09. The molecular weight excluding hydrogens is 122 g/mol. The van der Waals surface area contributed by atoms with Gasteiger partial charge in [0.1, 0.15) is 0 Å². The van der Waals surface area contributed by atoms with Crippen LogP contribution in [0.25, 0.3) is 0 Å². The lowest BCUT2D eigenvalue weighted by Gasteiger charge is -1.69. The molecule has 0 aliphatic rings. The lowest BCUT2D eigenvalue weighted by atomic mass is 10.4. The van der Waals surface area contributed by atoms with E-state index in [1.54, 1.807) is 0 Å². The molecule has 0 saturated carbocycles. The molecule has 0 aromatic heterocycles. The maximum atomic E-state index is 10.1. The molecule has 0 amide bonds. The van der Waals surface area contributed by atoms with Crippen molar-refractivity contribution in [3.63, 3.8) is 0 Å². The Labute approximate surface area is 52.9 Å². The molecule has 0 fully saturated rings. The van der Waals surface area contributed by atoms with E-state index in [4.69, 9.17) is 0 Å². The Hall–Kier alpha value is -0.790. The summed E-state index contributed by atoms with van der Waals surface area (Å²) in [5.74, 6) is -0.0426. The predicted octanol–water partition coefficient (Wildman–Crippen LogP) is 1.19. The molecule has 0 aliphatic carbocycles. The van der Waals surface area contributed by atoms with E-state index < -0.39 is 0 Å². The normalized spacial score (nSPS) is 8.62. The van der Waals surface area contributed by atoms with Crippen molar-refractivity contribution in [2.45, 2.75) is 6.92 Å². The molecule has 0 aliphatic heterocycles. The summed E-state index contributed by atoms with van der Waals surface area (Å²) in [5.41, 5.74) is 0. The van der Waals surface area contributed by atoms with Gasteiger partial charge in [0.2, 0.25) is 0 Å². The minimum absolute atomic E-state index is 0.0426. The third-order valence-electron chi connectivity index (χ3n) is 0.436. The van der Waals surface area contributed by atoms with E-state index in [2.05, 4.69) is 22.4 Å². The molecular formula is C5H5NOS. The first-order valence-electron chi connectivity index (χ1n) is 2.01. The fourth-order valence-electron chi connectivity index (χ4n) is 0.173. The van der Waals surface area contributed by atoms with Crippen LogP contribution in [-0.2, 0) is 4.79 Å². The fraction of sp³-hybridized carbons (Fsp3) is 0.200. The summed E-state index contributed by atoms with van der Waals surface area (Å²) in [6.45, 7) is 1.44. The lowest BCUT2D eigenvalue weighted by Crippen LogP contribution is -1.76. The first-order chi connectivity index (χ1) is 3.77. The van der Waals surface area contributed by atoms with Gasteiger partial charge in [-0.3, -0.25) is 4.79 Å². The monoisotopic (exact) mass is 127 g/mol. The van der Waals surface area contributed by atoms with Gasteiger partial charge in [-0.05, 0) is 25.2 Å². The van der Waals surface area contributed by atoms with Gasteiger partial charge < -0.3 is 0 Å². The summed E-state index contributed by atoms with van der Waals surface area (Å²) >= 11 is 4.22. The van der Waals surface area contributed by atoms with Crippen molar-refractivity contribution in [3.8, 4) is 0 Å². The van der Waals surface area contributed by atoms with Gasteiger partial charge in [-0.1, -0.05) is 0 Å². The van der Waals surface area contributed by atoms with Crippen LogP contribution in [0.3, 0.4) is 0 Å². The minimum Gasteiger partial charge on any atom is -0.295 e. The number of nitrogens with zero attached hydrogens (tertiary/aromatic N) is 1. The van der Waals surface area contributed by atoms with Crippen LogP contribution in [-0.4, -0.2) is 10.9 Å². The van der Waals surface area contributed by atoms with Gasteiger partial charge in [0, 0.05) is 6.20 Å². The van der Waals surface area contributed by atoms with Crippen molar-refractivity contribution < 1.29 is 4.79 Å². The highest BCUT2D eigenvalue weighted by Crippen LogP contribution is 1.73. The molecule has 0 atom stereocenters. The molecule has 2 nitrogen and oxygen atoms in total. The van der Waals surface area contributed by atoms with Crippen molar-refractivity contribution in [1.82, 2.24) is 0 Å². The number of carbonyl (C=O) groups is 1. The maximum Gasteiger partial charge on any atom is 0.154 e. The second kappa shape index (κ2) is 4.37. The molecule has 0 unspecified atom stereocenters. The number of allylic oxidation sites excluding steroid dienone is 1. The molecule has 0 rings (SSSR count). The number of isothiocyanates is 1. The summed E-state index contributed by atoms with van der Waals surface area (Å²) in [6.07, 6.45) is 2.63. The molecule has 0 heterocycles. The summed E-state index contributed by atoms with van der Waals surface area (Å²) in [7, 11) is 0. The number of hydrogen-bond acceptors (Lipinski definition) is 3. The van der Waals surface area contributed by atoms with Gasteiger partial charge in [-0.25, -0.2) is 4.99 Å². The quantitative estimate of drug-likeness (QED) is 0.317. The van der Waals surface area contributed by atoms with Crippen LogP contribution >= 0.6 is 12.2 Å². The zero-order valence-electron chi connectivity index (χ0n) is 4.42. The molecule has 0 aromatic rings. The van der Waals surface area contributed by atoms with E-state index in [1.165, 1.54) is 19.2 Å². The highest BCUT2D eigenvalue weighted by molar-refractivity contribution is 7.78. The average Bonchev–Trinajstić information content (AvgIpc) is 1.66. The number of hydrogen-bond donors (Lipinski definition) is 0. The number of thiocarbonyl (C=S) groups is 1. The molecule has 0 bridgehead atoms. The zero-order chi connectivity index (χ0) is 6.41. The van der Waals surface area contributed by atoms with Crippen molar-refractivity contribution >= 4 is 23.2 Å². The number of aliphatic imine (C=N–C) groups is 1.